The fourth-order valence-electron chi connectivity index (χ4n) is 9.18. The molecule has 0 aliphatic carbocycles. The summed E-state index contributed by atoms with van der Waals surface area (Å²) in [7, 11) is 5.41. The number of likely N-dealkylation sites (N-methyl/N-ethyl adjacent to an activating group) is 1. The summed E-state index contributed by atoms with van der Waals surface area (Å²) in [5.74, 6) is -2.71. The summed E-state index contributed by atoms with van der Waals surface area (Å²) in [4.78, 5) is 55.4. The number of phenols is 1. The first-order valence-electron chi connectivity index (χ1n) is 22.5. The highest BCUT2D eigenvalue weighted by Crippen LogP contribution is 2.41. The van der Waals surface area contributed by atoms with Gasteiger partial charge in [0.2, 0.25) is 5.91 Å². The Balaban J connectivity index is 0.000000649. The lowest BCUT2D eigenvalue weighted by Crippen LogP contribution is -2.58. The zero-order valence-electron chi connectivity index (χ0n) is 39.3. The summed E-state index contributed by atoms with van der Waals surface area (Å²) in [6, 6.07) is 12.4. The van der Waals surface area contributed by atoms with Crippen molar-refractivity contribution in [3.05, 3.63) is 71.5 Å². The third-order valence-corrected chi connectivity index (χ3v) is 12.2. The molecule has 360 valence electrons. The number of aryl methyl sites for hydroxylation is 1. The highest BCUT2D eigenvalue weighted by atomic mass is 19.4. The predicted molar refractivity (Wildman–Crippen MR) is 247 cm³/mol. The fraction of sp³-hybridized carbons (Fsp3) is 0.531. The van der Waals surface area contributed by atoms with E-state index in [2.05, 4.69) is 58.5 Å². The van der Waals surface area contributed by atoms with E-state index < -0.39 is 35.5 Å². The second-order valence-corrected chi connectivity index (χ2v) is 18.5. The summed E-state index contributed by atoms with van der Waals surface area (Å²) < 4.78 is 49.2. The quantitative estimate of drug-likeness (QED) is 0.0827. The molecule has 2 saturated heterocycles. The van der Waals surface area contributed by atoms with Crippen molar-refractivity contribution >= 4 is 35.5 Å². The Hall–Kier alpha value is -5.36. The van der Waals surface area contributed by atoms with Gasteiger partial charge in [-0.3, -0.25) is 29.3 Å². The lowest BCUT2D eigenvalue weighted by molar-refractivity contribution is -0.179. The lowest BCUT2D eigenvalue weighted by atomic mass is 9.84. The molecular weight excluding hydrogens is 856 g/mol. The van der Waals surface area contributed by atoms with Crippen LogP contribution in [0.5, 0.6) is 5.75 Å². The van der Waals surface area contributed by atoms with Crippen LogP contribution >= 0.6 is 0 Å². The summed E-state index contributed by atoms with van der Waals surface area (Å²) in [6.07, 6.45) is 2.44. The standard InChI is InChI=1S/C43H58N6O6.C6H8F3NO/c1-9-48-38-13-12-30(22-34(38)35(23-43(4,5)26-55-27-50)40(48)36-24-44-16-14-31(36)25-54-8)32-18-29(19-33(51)21-32)20-37(42(53)49-17-11-10-15-45-49)46-41(52)39(28(2)3)47(6)7;7-6(8,9)5-2-10-1-4(5)3-11/h12-14,16,18-19,21-22,24,27-28,37,39,45,51H,9-11,15,17,20,23,25-26H2,1-8H3,(H,46,52);3-5,10H,1-2H2. The van der Waals surface area contributed by atoms with Crippen LogP contribution in [0, 0.1) is 23.2 Å². The Morgan fingerprint density at radius 2 is 1.82 bits per heavy atom. The first-order valence-corrected chi connectivity index (χ1v) is 22.5. The van der Waals surface area contributed by atoms with Crippen molar-refractivity contribution in [3.63, 3.8) is 0 Å². The Morgan fingerprint density at radius 1 is 1.06 bits per heavy atom. The Bertz CT molecular complexity index is 2280. The molecule has 4 unspecified atom stereocenters. The van der Waals surface area contributed by atoms with Crippen LogP contribution in [0.1, 0.15) is 64.2 Å². The van der Waals surface area contributed by atoms with Crippen molar-refractivity contribution < 1.29 is 46.9 Å². The van der Waals surface area contributed by atoms with Crippen LogP contribution in [0.2, 0.25) is 0 Å². The van der Waals surface area contributed by atoms with Gasteiger partial charge in [-0.15, -0.1) is 0 Å². The summed E-state index contributed by atoms with van der Waals surface area (Å²) in [5, 5.41) is 19.4. The van der Waals surface area contributed by atoms with Crippen LogP contribution < -0.4 is 16.1 Å². The smallest absolute Gasteiger partial charge is 0.393 e. The Kier molecular flexibility index (Phi) is 17.9. The highest BCUT2D eigenvalue weighted by Gasteiger charge is 2.47. The molecule has 2 fully saturated rings. The first-order chi connectivity index (χ1) is 31.3. The van der Waals surface area contributed by atoms with Crippen molar-refractivity contribution in [3.8, 4) is 28.1 Å². The molecular formula is C49H66F3N7O7. The van der Waals surface area contributed by atoms with Gasteiger partial charge >= 0.3 is 6.18 Å². The SMILES string of the molecule is CCn1c(-c2cnccc2COC)c(CC(C)(C)COC=O)c2cc(-c3cc(O)cc(CC(NC(=O)C(C(C)C)N(C)C)C(=O)N4CCCCN4)c3)ccc21.O=CC1CNCC1C(F)(F)F. The second kappa shape index (κ2) is 22.9. The maximum absolute atomic E-state index is 14.0. The van der Waals surface area contributed by atoms with Gasteiger partial charge < -0.3 is 34.6 Å². The van der Waals surface area contributed by atoms with Crippen molar-refractivity contribution in [1.82, 2.24) is 35.5 Å². The monoisotopic (exact) mass is 921 g/mol. The molecule has 0 spiro atoms. The van der Waals surface area contributed by atoms with Crippen LogP contribution in [-0.4, -0.2) is 121 Å². The number of phenolic OH excluding ortho intramolecular Hbond substituents is 1. The van der Waals surface area contributed by atoms with Gasteiger partial charge in [-0.25, -0.2) is 5.43 Å². The number of aromatic hydroxyl groups is 1. The van der Waals surface area contributed by atoms with Crippen molar-refractivity contribution in [2.24, 2.45) is 23.2 Å². The van der Waals surface area contributed by atoms with Gasteiger partial charge in [-0.05, 0) is 104 Å². The number of carbonyl (C=O) groups excluding carboxylic acids is 4. The molecule has 0 radical (unpaired) electrons. The first kappa shape index (κ1) is 51.6. The average Bonchev–Trinajstić information content (AvgIpc) is 3.88. The third kappa shape index (κ3) is 12.7. The van der Waals surface area contributed by atoms with Gasteiger partial charge in [0.15, 0.2) is 0 Å². The van der Waals surface area contributed by atoms with Gasteiger partial charge in [0, 0.05) is 86.4 Å². The number of carbonyl (C=O) groups is 4. The topological polar surface area (TPSA) is 167 Å². The molecule has 2 aliphatic rings. The number of hydrogen-bond donors (Lipinski definition) is 4. The average molecular weight is 922 g/mol. The number of hydrazine groups is 1. The molecule has 2 aromatic heterocycles. The van der Waals surface area contributed by atoms with E-state index in [9.17, 15) is 37.5 Å². The molecule has 14 nitrogen and oxygen atoms in total. The van der Waals surface area contributed by atoms with Crippen LogP contribution in [0.15, 0.2) is 54.9 Å². The van der Waals surface area contributed by atoms with Gasteiger partial charge in [0.1, 0.15) is 18.1 Å². The normalized spacial score (nSPS) is 17.6. The molecule has 4 aromatic rings. The lowest BCUT2D eigenvalue weighted by Gasteiger charge is -2.33. The van der Waals surface area contributed by atoms with Gasteiger partial charge in [0.05, 0.1) is 30.9 Å². The maximum atomic E-state index is 14.0. The number of aromatic nitrogens is 2. The molecule has 4 atom stereocenters. The zero-order chi connectivity index (χ0) is 48.3. The highest BCUT2D eigenvalue weighted by molar-refractivity contribution is 5.95. The summed E-state index contributed by atoms with van der Waals surface area (Å²) in [5.41, 5.74) is 10.3. The van der Waals surface area contributed by atoms with E-state index in [0.717, 1.165) is 62.8 Å². The largest absolute Gasteiger partial charge is 0.508 e. The minimum absolute atomic E-state index is 0.0296. The van der Waals surface area contributed by atoms with Crippen LogP contribution in [0.3, 0.4) is 0 Å². The number of nitrogens with zero attached hydrogens (tertiary/aromatic N) is 4. The number of alkyl halides is 3. The van der Waals surface area contributed by atoms with Gasteiger partial charge in [-0.1, -0.05) is 39.8 Å². The summed E-state index contributed by atoms with van der Waals surface area (Å²) >= 11 is 0. The van der Waals surface area contributed by atoms with Crippen LogP contribution in [0.4, 0.5) is 13.2 Å². The van der Waals surface area contributed by atoms with Gasteiger partial charge in [0.25, 0.3) is 12.4 Å². The molecule has 0 bridgehead atoms. The molecule has 4 heterocycles. The fourth-order valence-corrected chi connectivity index (χ4v) is 9.18. The second-order valence-electron chi connectivity index (χ2n) is 18.5. The van der Waals surface area contributed by atoms with E-state index >= 15 is 0 Å². The minimum atomic E-state index is -4.24. The molecule has 17 heteroatoms. The van der Waals surface area contributed by atoms with E-state index in [1.807, 2.05) is 57.2 Å². The van der Waals surface area contributed by atoms with E-state index in [1.54, 1.807) is 30.4 Å². The third-order valence-electron chi connectivity index (χ3n) is 12.2. The molecule has 4 N–H and O–H groups in total. The molecule has 6 rings (SSSR count). The Labute approximate surface area is 385 Å². The van der Waals surface area contributed by atoms with E-state index in [1.165, 1.54) is 0 Å². The van der Waals surface area contributed by atoms with E-state index in [0.29, 0.717) is 45.4 Å². The number of fused-ring (bicyclic) bond motifs is 1. The van der Waals surface area contributed by atoms with Crippen molar-refractivity contribution in [1.29, 1.82) is 0 Å². The molecule has 2 aliphatic heterocycles. The number of methoxy groups -OCH3 is 1. The molecule has 66 heavy (non-hydrogen) atoms. The van der Waals surface area contributed by atoms with Crippen molar-refractivity contribution in [2.75, 3.05) is 54.0 Å². The molecule has 2 aromatic carbocycles. The van der Waals surface area contributed by atoms with E-state index in [4.69, 9.17) is 9.47 Å². The number of rotatable bonds is 18. The number of hydrogen-bond acceptors (Lipinski definition) is 11. The van der Waals surface area contributed by atoms with Crippen molar-refractivity contribution in [2.45, 2.75) is 91.7 Å². The number of halogens is 3. The number of nitrogens with one attached hydrogen (secondary N) is 3. The Morgan fingerprint density at radius 3 is 2.42 bits per heavy atom. The van der Waals surface area contributed by atoms with Gasteiger partial charge in [-0.2, -0.15) is 13.2 Å². The predicted octanol–water partition coefficient (Wildman–Crippen LogP) is 6.31. The summed E-state index contributed by atoms with van der Waals surface area (Å²) in [6.45, 7) is 13.4. The number of amides is 2. The van der Waals surface area contributed by atoms with Crippen LogP contribution in [0.25, 0.3) is 33.3 Å². The van der Waals surface area contributed by atoms with Crippen LogP contribution in [-0.2, 0) is 54.6 Å². The zero-order valence-corrected chi connectivity index (χ0v) is 39.3. The number of ether oxygens (including phenoxy) is 2. The number of pyridine rings is 1. The molecule has 2 amide bonds. The minimum Gasteiger partial charge on any atom is -0.508 e. The number of benzene rings is 2. The maximum Gasteiger partial charge on any atom is 0.393 e. The molecule has 0 saturated carbocycles. The number of aldehydes is 1. The van der Waals surface area contributed by atoms with E-state index in [-0.39, 0.29) is 49.6 Å².